The monoisotopic (exact) mass is 374 g/mol. The molecule has 5 aromatic rings. The lowest BCUT2D eigenvalue weighted by Crippen LogP contribution is -2.02. The van der Waals surface area contributed by atoms with E-state index in [0.717, 1.165) is 22.4 Å². The molecule has 0 saturated carbocycles. The summed E-state index contributed by atoms with van der Waals surface area (Å²) in [5.41, 5.74) is 10.4. The summed E-state index contributed by atoms with van der Waals surface area (Å²) in [7, 11) is 0. The highest BCUT2D eigenvalue weighted by molar-refractivity contribution is 6.04. The summed E-state index contributed by atoms with van der Waals surface area (Å²) in [5, 5.41) is 4.10. The number of aryl methyl sites for hydroxylation is 1. The van der Waals surface area contributed by atoms with Crippen molar-refractivity contribution in [2.24, 2.45) is 0 Å². The van der Waals surface area contributed by atoms with Crippen LogP contribution in [0.2, 0.25) is 0 Å². The number of halogens is 1. The topological polar surface area (TPSA) is 95.7 Å². The molecule has 4 aromatic heterocycles. The smallest absolute Gasteiger partial charge is 0.157 e. The summed E-state index contributed by atoms with van der Waals surface area (Å²) in [6.45, 7) is 2.30. The standard InChI is InChI=1S/C20H15FN6O/c1-11-24-18-19(17-15(25-20(18)22)3-2-8-23-17)27(11)10-14-9-16(26-28-14)12-4-6-13(21)7-5-12/h2-9H,10H2,1H3,(H2,22,25). The van der Waals surface area contributed by atoms with E-state index in [1.807, 2.05) is 29.7 Å². The van der Waals surface area contributed by atoms with Crippen LogP contribution in [-0.2, 0) is 6.54 Å². The Morgan fingerprint density at radius 3 is 2.75 bits per heavy atom. The molecule has 2 N–H and O–H groups in total. The van der Waals surface area contributed by atoms with Crippen molar-refractivity contribution in [3.63, 3.8) is 0 Å². The van der Waals surface area contributed by atoms with Crippen molar-refractivity contribution in [2.75, 3.05) is 5.73 Å². The first-order valence-corrected chi connectivity index (χ1v) is 8.69. The SMILES string of the molecule is Cc1nc2c(N)nc3cccnc3c2n1Cc1cc(-c2ccc(F)cc2)no1. The molecule has 1 aromatic carbocycles. The minimum absolute atomic E-state index is 0.293. The van der Waals surface area contributed by atoms with Crippen molar-refractivity contribution >= 4 is 27.9 Å². The Kier molecular flexibility index (Phi) is 3.58. The second-order valence-corrected chi connectivity index (χ2v) is 6.50. The van der Waals surface area contributed by atoms with E-state index in [2.05, 4.69) is 20.1 Å². The van der Waals surface area contributed by atoms with Gasteiger partial charge in [0, 0.05) is 17.8 Å². The molecule has 0 aliphatic carbocycles. The van der Waals surface area contributed by atoms with Gasteiger partial charge >= 0.3 is 0 Å². The van der Waals surface area contributed by atoms with Gasteiger partial charge in [0.1, 0.15) is 33.9 Å². The van der Waals surface area contributed by atoms with Gasteiger partial charge in [-0.25, -0.2) is 14.4 Å². The third-order valence-corrected chi connectivity index (χ3v) is 4.67. The third kappa shape index (κ3) is 2.58. The lowest BCUT2D eigenvalue weighted by molar-refractivity contribution is 0.378. The van der Waals surface area contributed by atoms with Crippen LogP contribution in [0.3, 0.4) is 0 Å². The molecule has 0 unspecified atom stereocenters. The van der Waals surface area contributed by atoms with Gasteiger partial charge in [-0.1, -0.05) is 5.16 Å². The lowest BCUT2D eigenvalue weighted by atomic mass is 10.1. The van der Waals surface area contributed by atoms with Gasteiger partial charge < -0.3 is 14.8 Å². The molecular formula is C20H15FN6O. The van der Waals surface area contributed by atoms with Gasteiger partial charge in [-0.05, 0) is 43.3 Å². The zero-order valence-corrected chi connectivity index (χ0v) is 14.9. The van der Waals surface area contributed by atoms with Crippen LogP contribution >= 0.6 is 0 Å². The first-order valence-electron chi connectivity index (χ1n) is 8.69. The summed E-state index contributed by atoms with van der Waals surface area (Å²) in [6.07, 6.45) is 1.72. The van der Waals surface area contributed by atoms with Crippen molar-refractivity contribution < 1.29 is 8.91 Å². The molecule has 7 nitrogen and oxygen atoms in total. The minimum atomic E-state index is -0.293. The molecular weight excluding hydrogens is 359 g/mol. The van der Waals surface area contributed by atoms with Crippen LogP contribution < -0.4 is 5.73 Å². The van der Waals surface area contributed by atoms with E-state index in [9.17, 15) is 4.39 Å². The average Bonchev–Trinajstić information content (AvgIpc) is 3.29. The number of pyridine rings is 2. The van der Waals surface area contributed by atoms with Gasteiger partial charge in [-0.15, -0.1) is 0 Å². The predicted octanol–water partition coefficient (Wildman–Crippen LogP) is 3.71. The highest BCUT2D eigenvalue weighted by Gasteiger charge is 2.18. The number of rotatable bonds is 3. The average molecular weight is 374 g/mol. The Labute approximate surface area is 158 Å². The minimum Gasteiger partial charge on any atom is -0.382 e. The number of aromatic nitrogens is 5. The van der Waals surface area contributed by atoms with E-state index in [0.29, 0.717) is 34.9 Å². The molecule has 0 aliphatic heterocycles. The quantitative estimate of drug-likeness (QED) is 0.517. The van der Waals surface area contributed by atoms with Crippen LogP contribution in [0.1, 0.15) is 11.6 Å². The maximum absolute atomic E-state index is 13.1. The molecule has 0 saturated heterocycles. The molecule has 0 aliphatic rings. The maximum atomic E-state index is 13.1. The Bertz CT molecular complexity index is 1320. The van der Waals surface area contributed by atoms with Crippen molar-refractivity contribution in [3.8, 4) is 11.3 Å². The van der Waals surface area contributed by atoms with E-state index in [4.69, 9.17) is 10.3 Å². The number of nitrogens with zero attached hydrogens (tertiary/aromatic N) is 5. The van der Waals surface area contributed by atoms with Gasteiger partial charge in [-0.3, -0.25) is 4.98 Å². The Morgan fingerprint density at radius 1 is 1.11 bits per heavy atom. The summed E-state index contributed by atoms with van der Waals surface area (Å²) in [4.78, 5) is 13.4. The Morgan fingerprint density at radius 2 is 1.93 bits per heavy atom. The van der Waals surface area contributed by atoms with Crippen LogP contribution in [0.15, 0.2) is 53.2 Å². The fourth-order valence-corrected chi connectivity index (χ4v) is 3.33. The molecule has 0 fully saturated rings. The number of fused-ring (bicyclic) bond motifs is 3. The Balaban J connectivity index is 1.61. The summed E-state index contributed by atoms with van der Waals surface area (Å²) in [5.74, 6) is 1.48. The molecule has 5 rings (SSSR count). The normalized spacial score (nSPS) is 11.5. The number of hydrogen-bond acceptors (Lipinski definition) is 6. The number of anilines is 1. The second-order valence-electron chi connectivity index (χ2n) is 6.50. The molecule has 8 heteroatoms. The fraction of sp³-hybridized carbons (Fsp3) is 0.100. The summed E-state index contributed by atoms with van der Waals surface area (Å²) >= 11 is 0. The first kappa shape index (κ1) is 16.4. The van der Waals surface area contributed by atoms with E-state index < -0.39 is 0 Å². The third-order valence-electron chi connectivity index (χ3n) is 4.67. The lowest BCUT2D eigenvalue weighted by Gasteiger charge is -2.06. The van der Waals surface area contributed by atoms with Crippen molar-refractivity contribution in [2.45, 2.75) is 13.5 Å². The Hall–Kier alpha value is -3.81. The molecule has 28 heavy (non-hydrogen) atoms. The molecule has 138 valence electrons. The molecule has 0 atom stereocenters. The largest absolute Gasteiger partial charge is 0.382 e. The number of hydrogen-bond donors (Lipinski definition) is 1. The molecule has 0 radical (unpaired) electrons. The van der Waals surface area contributed by atoms with Crippen molar-refractivity contribution in [1.82, 2.24) is 24.7 Å². The van der Waals surface area contributed by atoms with Crippen LogP contribution in [0.4, 0.5) is 10.2 Å². The first-order chi connectivity index (χ1) is 13.6. The zero-order chi connectivity index (χ0) is 19.3. The van der Waals surface area contributed by atoms with Crippen LogP contribution in [0.25, 0.3) is 33.3 Å². The molecule has 0 bridgehead atoms. The number of nitrogen functional groups attached to an aromatic ring is 1. The van der Waals surface area contributed by atoms with Crippen LogP contribution in [-0.4, -0.2) is 24.7 Å². The van der Waals surface area contributed by atoms with Gasteiger partial charge in [0.05, 0.1) is 12.1 Å². The van der Waals surface area contributed by atoms with Crippen molar-refractivity contribution in [3.05, 3.63) is 66.1 Å². The molecule has 0 amide bonds. The van der Waals surface area contributed by atoms with Gasteiger partial charge in [0.25, 0.3) is 0 Å². The van der Waals surface area contributed by atoms with Crippen molar-refractivity contribution in [1.29, 1.82) is 0 Å². The highest BCUT2D eigenvalue weighted by Crippen LogP contribution is 2.28. The van der Waals surface area contributed by atoms with Gasteiger partial charge in [0.15, 0.2) is 11.6 Å². The van der Waals surface area contributed by atoms with Gasteiger partial charge in [-0.2, -0.15) is 0 Å². The van der Waals surface area contributed by atoms with Crippen LogP contribution in [0.5, 0.6) is 0 Å². The highest BCUT2D eigenvalue weighted by atomic mass is 19.1. The zero-order valence-electron chi connectivity index (χ0n) is 14.9. The summed E-state index contributed by atoms with van der Waals surface area (Å²) in [6, 6.07) is 11.6. The molecule has 0 spiro atoms. The van der Waals surface area contributed by atoms with E-state index in [1.54, 1.807) is 18.3 Å². The maximum Gasteiger partial charge on any atom is 0.157 e. The van der Waals surface area contributed by atoms with Crippen LogP contribution in [0, 0.1) is 12.7 Å². The number of nitrogens with two attached hydrogens (primary N) is 1. The van der Waals surface area contributed by atoms with E-state index in [-0.39, 0.29) is 5.82 Å². The van der Waals surface area contributed by atoms with Gasteiger partial charge in [0.2, 0.25) is 0 Å². The number of benzene rings is 1. The van der Waals surface area contributed by atoms with E-state index >= 15 is 0 Å². The van der Waals surface area contributed by atoms with E-state index in [1.165, 1.54) is 12.1 Å². The fourth-order valence-electron chi connectivity index (χ4n) is 3.33. The molecule has 4 heterocycles. The predicted molar refractivity (Wildman–Crippen MR) is 103 cm³/mol. The number of imidazole rings is 1. The second kappa shape index (κ2) is 6.12. The summed E-state index contributed by atoms with van der Waals surface area (Å²) < 4.78 is 20.6.